The fourth-order valence-electron chi connectivity index (χ4n) is 2.23. The molecule has 2 aliphatic rings. The highest BCUT2D eigenvalue weighted by Gasteiger charge is 2.25. The number of benzene rings is 1. The molecule has 0 amide bonds. The highest BCUT2D eigenvalue weighted by atomic mass is 35.5. The van der Waals surface area contributed by atoms with E-state index in [1.807, 2.05) is 0 Å². The first-order valence-corrected chi connectivity index (χ1v) is 5.43. The van der Waals surface area contributed by atoms with Crippen molar-refractivity contribution in [3.8, 4) is 11.5 Å². The maximum atomic E-state index is 5.96. The summed E-state index contributed by atoms with van der Waals surface area (Å²) in [7, 11) is 0. The van der Waals surface area contributed by atoms with Crippen molar-refractivity contribution in [1.82, 2.24) is 0 Å². The quantitative estimate of drug-likeness (QED) is 0.663. The van der Waals surface area contributed by atoms with E-state index in [-0.39, 0.29) is 0 Å². The zero-order chi connectivity index (χ0) is 9.54. The molecule has 0 saturated carbocycles. The number of hydrogen-bond donors (Lipinski definition) is 0. The topological polar surface area (TPSA) is 18.5 Å². The van der Waals surface area contributed by atoms with Gasteiger partial charge in [-0.15, -0.1) is 11.6 Å². The van der Waals surface area contributed by atoms with Gasteiger partial charge in [0.15, 0.2) is 0 Å². The molecule has 0 N–H and O–H groups in total. The van der Waals surface area contributed by atoms with E-state index in [4.69, 9.17) is 21.1 Å². The van der Waals surface area contributed by atoms with Crippen LogP contribution in [-0.2, 0) is 18.7 Å². The van der Waals surface area contributed by atoms with Gasteiger partial charge in [-0.3, -0.25) is 0 Å². The molecule has 3 rings (SSSR count). The van der Waals surface area contributed by atoms with Crippen molar-refractivity contribution in [3.63, 3.8) is 0 Å². The predicted molar refractivity (Wildman–Crippen MR) is 54.4 cm³/mol. The van der Waals surface area contributed by atoms with Crippen LogP contribution in [0.3, 0.4) is 0 Å². The molecule has 14 heavy (non-hydrogen) atoms. The highest BCUT2D eigenvalue weighted by Crippen LogP contribution is 2.41. The zero-order valence-electron chi connectivity index (χ0n) is 7.81. The van der Waals surface area contributed by atoms with Gasteiger partial charge >= 0.3 is 0 Å². The third-order valence-electron chi connectivity index (χ3n) is 2.89. The van der Waals surface area contributed by atoms with Crippen molar-refractivity contribution < 1.29 is 9.47 Å². The minimum absolute atomic E-state index is 0.523. The lowest BCUT2D eigenvalue weighted by atomic mass is 10.0. The van der Waals surface area contributed by atoms with Gasteiger partial charge in [-0.05, 0) is 6.07 Å². The Morgan fingerprint density at radius 3 is 2.93 bits per heavy atom. The Labute approximate surface area is 87.8 Å². The van der Waals surface area contributed by atoms with Gasteiger partial charge in [0.05, 0.1) is 19.1 Å². The minimum Gasteiger partial charge on any atom is -0.493 e. The molecule has 2 aliphatic heterocycles. The summed E-state index contributed by atoms with van der Waals surface area (Å²) in [6.45, 7) is 1.56. The molecule has 0 bridgehead atoms. The summed E-state index contributed by atoms with van der Waals surface area (Å²) in [5, 5.41) is 0. The lowest BCUT2D eigenvalue weighted by Crippen LogP contribution is -1.94. The molecule has 0 atom stereocenters. The van der Waals surface area contributed by atoms with Crippen LogP contribution in [0.25, 0.3) is 0 Å². The van der Waals surface area contributed by atoms with Crippen molar-refractivity contribution >= 4 is 11.6 Å². The number of hydrogen-bond acceptors (Lipinski definition) is 2. The number of alkyl halides is 1. The first-order chi connectivity index (χ1) is 6.90. The van der Waals surface area contributed by atoms with Crippen LogP contribution in [0.5, 0.6) is 11.5 Å². The number of halogens is 1. The summed E-state index contributed by atoms with van der Waals surface area (Å²) in [6.07, 6.45) is 1.95. The average molecular weight is 211 g/mol. The molecule has 0 fully saturated rings. The van der Waals surface area contributed by atoms with E-state index < -0.39 is 0 Å². The average Bonchev–Trinajstić information content (AvgIpc) is 2.80. The van der Waals surface area contributed by atoms with Crippen molar-refractivity contribution in [1.29, 1.82) is 0 Å². The molecule has 0 saturated heterocycles. The number of rotatable bonds is 1. The lowest BCUT2D eigenvalue weighted by molar-refractivity contribution is 0.354. The monoisotopic (exact) mass is 210 g/mol. The molecule has 0 aliphatic carbocycles. The van der Waals surface area contributed by atoms with Crippen molar-refractivity contribution in [2.45, 2.75) is 18.7 Å². The third-order valence-corrected chi connectivity index (χ3v) is 3.16. The minimum atomic E-state index is 0.523. The normalized spacial score (nSPS) is 17.2. The van der Waals surface area contributed by atoms with E-state index in [9.17, 15) is 0 Å². The van der Waals surface area contributed by atoms with Crippen molar-refractivity contribution in [2.75, 3.05) is 13.2 Å². The van der Waals surface area contributed by atoms with Crippen molar-refractivity contribution in [3.05, 3.63) is 22.8 Å². The Balaban J connectivity index is 2.24. The molecule has 1 aromatic carbocycles. The second-order valence-corrected chi connectivity index (χ2v) is 3.92. The van der Waals surface area contributed by atoms with E-state index in [1.165, 1.54) is 11.1 Å². The van der Waals surface area contributed by atoms with Crippen LogP contribution < -0.4 is 9.47 Å². The van der Waals surface area contributed by atoms with Gasteiger partial charge in [-0.1, -0.05) is 0 Å². The van der Waals surface area contributed by atoms with E-state index in [2.05, 4.69) is 6.07 Å². The standard InChI is InChI=1S/C11H11ClO2/c12-6-9-8-2-4-13-10(8)5-7-1-3-14-11(7)9/h5H,1-4,6H2. The second kappa shape index (κ2) is 3.06. The van der Waals surface area contributed by atoms with Crippen LogP contribution in [0.4, 0.5) is 0 Å². The summed E-state index contributed by atoms with van der Waals surface area (Å²) in [5.74, 6) is 2.56. The van der Waals surface area contributed by atoms with E-state index in [0.29, 0.717) is 5.88 Å². The van der Waals surface area contributed by atoms with E-state index in [0.717, 1.165) is 43.1 Å². The maximum absolute atomic E-state index is 5.96. The second-order valence-electron chi connectivity index (χ2n) is 3.65. The molecule has 3 heteroatoms. The fourth-order valence-corrected chi connectivity index (χ4v) is 2.51. The SMILES string of the molecule is ClCc1c2c(cc3c1OCC3)OCC2. The predicted octanol–water partition coefficient (Wildman–Crippen LogP) is 2.30. The molecule has 0 radical (unpaired) electrons. The third kappa shape index (κ3) is 1.04. The van der Waals surface area contributed by atoms with Crippen LogP contribution in [0.1, 0.15) is 16.7 Å². The zero-order valence-corrected chi connectivity index (χ0v) is 8.56. The summed E-state index contributed by atoms with van der Waals surface area (Å²) in [5.41, 5.74) is 3.65. The van der Waals surface area contributed by atoms with Gasteiger partial charge in [0.1, 0.15) is 11.5 Å². The number of ether oxygens (including phenoxy) is 2. The number of fused-ring (bicyclic) bond motifs is 2. The van der Waals surface area contributed by atoms with Gasteiger partial charge in [-0.25, -0.2) is 0 Å². The summed E-state index contributed by atoms with van der Waals surface area (Å²) in [4.78, 5) is 0. The molecule has 2 heterocycles. The van der Waals surface area contributed by atoms with Crippen molar-refractivity contribution in [2.24, 2.45) is 0 Å². The Hall–Kier alpha value is -0.890. The van der Waals surface area contributed by atoms with Gasteiger partial charge in [0.25, 0.3) is 0 Å². The van der Waals surface area contributed by atoms with Gasteiger partial charge in [0.2, 0.25) is 0 Å². The van der Waals surface area contributed by atoms with Crippen LogP contribution in [0.2, 0.25) is 0 Å². The lowest BCUT2D eigenvalue weighted by Gasteiger charge is -2.09. The Morgan fingerprint density at radius 1 is 1.21 bits per heavy atom. The van der Waals surface area contributed by atoms with Crippen LogP contribution in [0.15, 0.2) is 6.07 Å². The Kier molecular flexibility index (Phi) is 1.84. The Morgan fingerprint density at radius 2 is 2.07 bits per heavy atom. The first kappa shape index (κ1) is 8.42. The molecule has 1 aromatic rings. The smallest absolute Gasteiger partial charge is 0.127 e. The molecular weight excluding hydrogens is 200 g/mol. The van der Waals surface area contributed by atoms with E-state index in [1.54, 1.807) is 0 Å². The molecule has 0 spiro atoms. The first-order valence-electron chi connectivity index (χ1n) is 4.89. The molecule has 2 nitrogen and oxygen atoms in total. The molecule has 74 valence electrons. The van der Waals surface area contributed by atoms with E-state index >= 15 is 0 Å². The maximum Gasteiger partial charge on any atom is 0.127 e. The van der Waals surface area contributed by atoms with Crippen LogP contribution >= 0.6 is 11.6 Å². The molecular formula is C11H11ClO2. The fraction of sp³-hybridized carbons (Fsp3) is 0.455. The van der Waals surface area contributed by atoms with Gasteiger partial charge in [0, 0.05) is 29.5 Å². The molecule has 0 unspecified atom stereocenters. The summed E-state index contributed by atoms with van der Waals surface area (Å²) >= 11 is 5.96. The molecule has 0 aromatic heterocycles. The Bertz CT molecular complexity index is 355. The van der Waals surface area contributed by atoms with Gasteiger partial charge in [-0.2, -0.15) is 0 Å². The summed E-state index contributed by atoms with van der Waals surface area (Å²) in [6, 6.07) is 2.11. The van der Waals surface area contributed by atoms with Crippen LogP contribution in [0, 0.1) is 0 Å². The largest absolute Gasteiger partial charge is 0.493 e. The van der Waals surface area contributed by atoms with Gasteiger partial charge < -0.3 is 9.47 Å². The summed E-state index contributed by atoms with van der Waals surface area (Å²) < 4.78 is 11.2. The highest BCUT2D eigenvalue weighted by molar-refractivity contribution is 6.17. The van der Waals surface area contributed by atoms with Crippen LogP contribution in [-0.4, -0.2) is 13.2 Å².